The van der Waals surface area contributed by atoms with Crippen LogP contribution in [0.3, 0.4) is 0 Å². The molecular formula is C24H26N6O2. The SMILES string of the molecule is Cc1c(C(=O)N[C@H](C)c2ccccc2)cnn1-c1cc(-c2nc(C(C)(C)C)no2)ccn1. The summed E-state index contributed by atoms with van der Waals surface area (Å²) in [5.41, 5.74) is 2.74. The summed E-state index contributed by atoms with van der Waals surface area (Å²) in [5.74, 6) is 1.42. The average molecular weight is 431 g/mol. The predicted octanol–water partition coefficient (Wildman–Crippen LogP) is 4.41. The molecule has 3 heterocycles. The molecule has 0 aliphatic rings. The summed E-state index contributed by atoms with van der Waals surface area (Å²) < 4.78 is 7.08. The van der Waals surface area contributed by atoms with Gasteiger partial charge in [-0.3, -0.25) is 4.79 Å². The number of hydrogen-bond acceptors (Lipinski definition) is 6. The molecule has 0 saturated carbocycles. The number of carbonyl (C=O) groups is 1. The van der Waals surface area contributed by atoms with E-state index in [1.54, 1.807) is 23.1 Å². The van der Waals surface area contributed by atoms with Crippen molar-refractivity contribution in [3.05, 3.63) is 77.5 Å². The summed E-state index contributed by atoms with van der Waals surface area (Å²) in [6.07, 6.45) is 3.21. The predicted molar refractivity (Wildman–Crippen MR) is 120 cm³/mol. The maximum Gasteiger partial charge on any atom is 0.258 e. The van der Waals surface area contributed by atoms with Crippen LogP contribution in [0.15, 0.2) is 59.4 Å². The van der Waals surface area contributed by atoms with E-state index < -0.39 is 0 Å². The minimum Gasteiger partial charge on any atom is -0.345 e. The van der Waals surface area contributed by atoms with Crippen LogP contribution in [-0.2, 0) is 5.41 Å². The largest absolute Gasteiger partial charge is 0.345 e. The molecule has 0 bridgehead atoms. The van der Waals surface area contributed by atoms with Crippen LogP contribution in [0.25, 0.3) is 17.3 Å². The molecule has 0 spiro atoms. The first kappa shape index (κ1) is 21.4. The lowest BCUT2D eigenvalue weighted by molar-refractivity contribution is 0.0939. The number of hydrogen-bond donors (Lipinski definition) is 1. The van der Waals surface area contributed by atoms with Crippen molar-refractivity contribution < 1.29 is 9.32 Å². The Morgan fingerprint density at radius 3 is 2.59 bits per heavy atom. The Labute approximate surface area is 186 Å². The van der Waals surface area contributed by atoms with Crippen molar-refractivity contribution in [3.8, 4) is 17.3 Å². The van der Waals surface area contributed by atoms with Gasteiger partial charge in [0.05, 0.1) is 23.5 Å². The van der Waals surface area contributed by atoms with Crippen LogP contribution in [0.1, 0.15) is 61.2 Å². The van der Waals surface area contributed by atoms with Crippen molar-refractivity contribution >= 4 is 5.91 Å². The zero-order chi connectivity index (χ0) is 22.9. The number of nitrogens with zero attached hydrogens (tertiary/aromatic N) is 5. The van der Waals surface area contributed by atoms with Gasteiger partial charge in [-0.1, -0.05) is 56.3 Å². The summed E-state index contributed by atoms with van der Waals surface area (Å²) in [5, 5.41) is 11.5. The highest BCUT2D eigenvalue weighted by Crippen LogP contribution is 2.25. The first-order chi connectivity index (χ1) is 15.2. The zero-order valence-electron chi connectivity index (χ0n) is 18.8. The van der Waals surface area contributed by atoms with E-state index in [1.165, 1.54) is 0 Å². The quantitative estimate of drug-likeness (QED) is 0.503. The molecule has 4 rings (SSSR count). The van der Waals surface area contributed by atoms with Crippen LogP contribution in [-0.4, -0.2) is 30.8 Å². The van der Waals surface area contributed by atoms with Gasteiger partial charge in [0.2, 0.25) is 0 Å². The topological polar surface area (TPSA) is 98.7 Å². The molecular weight excluding hydrogens is 404 g/mol. The van der Waals surface area contributed by atoms with Gasteiger partial charge in [0.1, 0.15) is 0 Å². The van der Waals surface area contributed by atoms with E-state index >= 15 is 0 Å². The highest BCUT2D eigenvalue weighted by atomic mass is 16.5. The lowest BCUT2D eigenvalue weighted by atomic mass is 9.96. The molecule has 0 aliphatic carbocycles. The second kappa shape index (κ2) is 8.37. The Balaban J connectivity index is 1.57. The molecule has 0 saturated heterocycles. The Bertz CT molecular complexity index is 1240. The van der Waals surface area contributed by atoms with Crippen molar-refractivity contribution in [2.75, 3.05) is 0 Å². The number of aromatic nitrogens is 5. The fourth-order valence-electron chi connectivity index (χ4n) is 3.28. The molecule has 32 heavy (non-hydrogen) atoms. The Morgan fingerprint density at radius 2 is 1.91 bits per heavy atom. The second-order valence-corrected chi connectivity index (χ2v) is 8.74. The smallest absolute Gasteiger partial charge is 0.258 e. The van der Waals surface area contributed by atoms with Crippen molar-refractivity contribution in [1.82, 2.24) is 30.2 Å². The Hall–Kier alpha value is -3.81. The standard InChI is InChI=1S/C24H26N6O2/c1-15(17-9-7-6-8-10-17)27-21(31)19-14-26-30(16(19)2)20-13-18(11-12-25-20)22-28-23(29-32-22)24(3,4)5/h6-15H,1-5H3,(H,27,31)/t15-/m1/s1. The molecule has 0 radical (unpaired) electrons. The minimum atomic E-state index is -0.213. The monoisotopic (exact) mass is 430 g/mol. The van der Waals surface area contributed by atoms with Crippen LogP contribution < -0.4 is 5.32 Å². The van der Waals surface area contributed by atoms with Crippen molar-refractivity contribution in [1.29, 1.82) is 0 Å². The molecule has 4 aromatic rings. The highest BCUT2D eigenvalue weighted by molar-refractivity contribution is 5.95. The van der Waals surface area contributed by atoms with E-state index in [4.69, 9.17) is 4.52 Å². The van der Waals surface area contributed by atoms with E-state index in [9.17, 15) is 4.79 Å². The number of benzene rings is 1. The van der Waals surface area contributed by atoms with E-state index in [2.05, 4.69) is 25.5 Å². The van der Waals surface area contributed by atoms with Gasteiger partial charge < -0.3 is 9.84 Å². The summed E-state index contributed by atoms with van der Waals surface area (Å²) >= 11 is 0. The van der Waals surface area contributed by atoms with Gasteiger partial charge in [0, 0.05) is 17.2 Å². The molecule has 164 valence electrons. The van der Waals surface area contributed by atoms with Gasteiger partial charge in [0.15, 0.2) is 11.6 Å². The second-order valence-electron chi connectivity index (χ2n) is 8.74. The first-order valence-corrected chi connectivity index (χ1v) is 10.5. The summed E-state index contributed by atoms with van der Waals surface area (Å²) in [7, 11) is 0. The van der Waals surface area contributed by atoms with Gasteiger partial charge in [0.25, 0.3) is 11.8 Å². The molecule has 1 atom stereocenters. The lowest BCUT2D eigenvalue weighted by Crippen LogP contribution is -2.27. The van der Waals surface area contributed by atoms with Gasteiger partial charge in [-0.05, 0) is 31.5 Å². The highest BCUT2D eigenvalue weighted by Gasteiger charge is 2.22. The zero-order valence-corrected chi connectivity index (χ0v) is 18.8. The van der Waals surface area contributed by atoms with E-state index in [0.717, 1.165) is 11.1 Å². The first-order valence-electron chi connectivity index (χ1n) is 10.5. The third-order valence-corrected chi connectivity index (χ3v) is 5.21. The van der Waals surface area contributed by atoms with Crippen LogP contribution in [0, 0.1) is 6.92 Å². The fraction of sp³-hybridized carbons (Fsp3) is 0.292. The van der Waals surface area contributed by atoms with E-state index in [-0.39, 0.29) is 17.4 Å². The third kappa shape index (κ3) is 4.30. The molecule has 8 heteroatoms. The van der Waals surface area contributed by atoms with Crippen molar-refractivity contribution in [2.24, 2.45) is 0 Å². The van der Waals surface area contributed by atoms with Crippen LogP contribution in [0.4, 0.5) is 0 Å². The molecule has 1 amide bonds. The Morgan fingerprint density at radius 1 is 1.16 bits per heavy atom. The van der Waals surface area contributed by atoms with E-state index in [0.29, 0.717) is 28.8 Å². The van der Waals surface area contributed by atoms with Crippen LogP contribution in [0.5, 0.6) is 0 Å². The van der Waals surface area contributed by atoms with Crippen LogP contribution >= 0.6 is 0 Å². The van der Waals surface area contributed by atoms with Crippen molar-refractivity contribution in [2.45, 2.75) is 46.1 Å². The van der Waals surface area contributed by atoms with Crippen molar-refractivity contribution in [3.63, 3.8) is 0 Å². The Kier molecular flexibility index (Phi) is 5.61. The number of nitrogens with one attached hydrogen (secondary N) is 1. The summed E-state index contributed by atoms with van der Waals surface area (Å²) in [4.78, 5) is 21.8. The van der Waals surface area contributed by atoms with Gasteiger partial charge in [-0.25, -0.2) is 9.67 Å². The van der Waals surface area contributed by atoms with Gasteiger partial charge >= 0.3 is 0 Å². The molecule has 1 aromatic carbocycles. The molecule has 0 unspecified atom stereocenters. The summed E-state index contributed by atoms with van der Waals surface area (Å²) in [6.45, 7) is 9.87. The molecule has 3 aromatic heterocycles. The molecule has 0 fully saturated rings. The number of amides is 1. The molecule has 8 nitrogen and oxygen atoms in total. The van der Waals surface area contributed by atoms with E-state index in [1.807, 2.05) is 71.0 Å². The lowest BCUT2D eigenvalue weighted by Gasteiger charge is -2.14. The number of carbonyl (C=O) groups excluding carboxylic acids is 1. The summed E-state index contributed by atoms with van der Waals surface area (Å²) in [6, 6.07) is 13.3. The molecule has 0 aliphatic heterocycles. The fourth-order valence-corrected chi connectivity index (χ4v) is 3.28. The minimum absolute atomic E-state index is 0.123. The normalized spacial score (nSPS) is 12.5. The van der Waals surface area contributed by atoms with Gasteiger partial charge in [-0.2, -0.15) is 10.1 Å². The molecule has 1 N–H and O–H groups in total. The average Bonchev–Trinajstić information content (AvgIpc) is 3.42. The third-order valence-electron chi connectivity index (χ3n) is 5.21. The number of rotatable bonds is 5. The van der Waals surface area contributed by atoms with Gasteiger partial charge in [-0.15, -0.1) is 0 Å². The maximum absolute atomic E-state index is 12.9. The number of pyridine rings is 1. The maximum atomic E-state index is 12.9. The van der Waals surface area contributed by atoms with Crippen LogP contribution in [0.2, 0.25) is 0 Å².